The number of guanidine groups is 1. The quantitative estimate of drug-likeness (QED) is 0.370. The summed E-state index contributed by atoms with van der Waals surface area (Å²) in [5.74, 6) is 1.09. The minimum atomic E-state index is 0.302. The van der Waals surface area contributed by atoms with Gasteiger partial charge in [-0.15, -0.1) is 0 Å². The van der Waals surface area contributed by atoms with Gasteiger partial charge in [0, 0.05) is 19.7 Å². The van der Waals surface area contributed by atoms with Crippen LogP contribution in [0.25, 0.3) is 0 Å². The molecule has 0 bridgehead atoms. The van der Waals surface area contributed by atoms with Gasteiger partial charge in [0.15, 0.2) is 5.96 Å². The smallest absolute Gasteiger partial charge is 0.188 e. The van der Waals surface area contributed by atoms with Crippen molar-refractivity contribution < 1.29 is 4.74 Å². The summed E-state index contributed by atoms with van der Waals surface area (Å²) in [5.41, 5.74) is 5.75. The van der Waals surface area contributed by atoms with Gasteiger partial charge in [0.25, 0.3) is 0 Å². The van der Waals surface area contributed by atoms with Crippen molar-refractivity contribution in [3.63, 3.8) is 0 Å². The third-order valence-electron chi connectivity index (χ3n) is 2.65. The molecule has 1 unspecified atom stereocenters. The van der Waals surface area contributed by atoms with Crippen LogP contribution in [0.1, 0.15) is 47.0 Å². The van der Waals surface area contributed by atoms with Crippen molar-refractivity contribution >= 4 is 5.96 Å². The van der Waals surface area contributed by atoms with Gasteiger partial charge in [0.2, 0.25) is 0 Å². The Balaban J connectivity index is 3.75. The fourth-order valence-corrected chi connectivity index (χ4v) is 1.58. The lowest BCUT2D eigenvalue weighted by Gasteiger charge is -2.20. The fraction of sp³-hybridized carbons (Fsp3) is 0.923. The number of rotatable bonds is 9. The minimum absolute atomic E-state index is 0.302. The standard InChI is InChI=1S/C13H29N3O/c1-5-7-9-15-13(14)16-10-8-12(11(3)4)17-6-2/h11-12H,5-10H2,1-4H3,(H3,14,15,16). The van der Waals surface area contributed by atoms with Crippen molar-refractivity contribution in [3.05, 3.63) is 0 Å². The van der Waals surface area contributed by atoms with E-state index >= 15 is 0 Å². The molecule has 0 aliphatic rings. The minimum Gasteiger partial charge on any atom is -0.378 e. The molecule has 0 rings (SSSR count). The summed E-state index contributed by atoms with van der Waals surface area (Å²) in [5, 5.41) is 3.13. The van der Waals surface area contributed by atoms with Crippen LogP contribution < -0.4 is 11.1 Å². The van der Waals surface area contributed by atoms with E-state index in [2.05, 4.69) is 31.1 Å². The molecule has 4 nitrogen and oxygen atoms in total. The maximum atomic E-state index is 5.75. The zero-order valence-corrected chi connectivity index (χ0v) is 11.8. The summed E-state index contributed by atoms with van der Waals surface area (Å²) in [6, 6.07) is 0. The second-order valence-corrected chi connectivity index (χ2v) is 4.57. The number of hydrogen-bond donors (Lipinski definition) is 2. The van der Waals surface area contributed by atoms with Gasteiger partial charge in [0.05, 0.1) is 6.10 Å². The van der Waals surface area contributed by atoms with E-state index in [0.29, 0.717) is 18.0 Å². The van der Waals surface area contributed by atoms with E-state index in [1.54, 1.807) is 0 Å². The number of unbranched alkanes of at least 4 members (excludes halogenated alkanes) is 1. The number of hydrogen-bond acceptors (Lipinski definition) is 2. The van der Waals surface area contributed by atoms with Crippen LogP contribution >= 0.6 is 0 Å². The zero-order valence-electron chi connectivity index (χ0n) is 11.8. The number of ether oxygens (including phenoxy) is 1. The van der Waals surface area contributed by atoms with Crippen molar-refractivity contribution in [1.29, 1.82) is 0 Å². The molecule has 0 aliphatic carbocycles. The number of nitrogens with zero attached hydrogens (tertiary/aromatic N) is 1. The number of nitrogens with one attached hydrogen (secondary N) is 1. The van der Waals surface area contributed by atoms with E-state index in [1.165, 1.54) is 0 Å². The summed E-state index contributed by atoms with van der Waals surface area (Å²) < 4.78 is 5.66. The highest BCUT2D eigenvalue weighted by atomic mass is 16.5. The van der Waals surface area contributed by atoms with Gasteiger partial charge >= 0.3 is 0 Å². The van der Waals surface area contributed by atoms with Gasteiger partial charge in [-0.2, -0.15) is 0 Å². The van der Waals surface area contributed by atoms with E-state index in [1.807, 2.05) is 6.92 Å². The van der Waals surface area contributed by atoms with Crippen LogP contribution in [0, 0.1) is 5.92 Å². The maximum Gasteiger partial charge on any atom is 0.188 e. The molecule has 102 valence electrons. The van der Waals surface area contributed by atoms with E-state index < -0.39 is 0 Å². The SMILES string of the molecule is CCCCN=C(N)NCCC(OCC)C(C)C. The van der Waals surface area contributed by atoms with E-state index in [9.17, 15) is 0 Å². The molecule has 0 aliphatic heterocycles. The predicted octanol–water partition coefficient (Wildman–Crippen LogP) is 2.14. The Hall–Kier alpha value is -0.770. The molecule has 0 radical (unpaired) electrons. The number of aliphatic imine (C=N–C) groups is 1. The largest absolute Gasteiger partial charge is 0.378 e. The summed E-state index contributed by atoms with van der Waals surface area (Å²) in [6.07, 6.45) is 3.51. The highest BCUT2D eigenvalue weighted by molar-refractivity contribution is 5.77. The van der Waals surface area contributed by atoms with E-state index in [4.69, 9.17) is 10.5 Å². The lowest BCUT2D eigenvalue weighted by molar-refractivity contribution is 0.0258. The van der Waals surface area contributed by atoms with Gasteiger partial charge in [-0.3, -0.25) is 4.99 Å². The van der Waals surface area contributed by atoms with Crippen LogP contribution in [0.2, 0.25) is 0 Å². The Morgan fingerprint density at radius 2 is 2.06 bits per heavy atom. The predicted molar refractivity (Wildman–Crippen MR) is 74.3 cm³/mol. The zero-order chi connectivity index (χ0) is 13.1. The second-order valence-electron chi connectivity index (χ2n) is 4.57. The second kappa shape index (κ2) is 10.4. The van der Waals surface area contributed by atoms with E-state index in [0.717, 1.165) is 39.0 Å². The molecule has 0 aromatic heterocycles. The molecular formula is C13H29N3O. The first-order chi connectivity index (χ1) is 8.11. The Labute approximate surface area is 106 Å². The van der Waals surface area contributed by atoms with Gasteiger partial charge in [-0.1, -0.05) is 27.2 Å². The highest BCUT2D eigenvalue weighted by Crippen LogP contribution is 2.09. The molecule has 0 fully saturated rings. The monoisotopic (exact) mass is 243 g/mol. The maximum absolute atomic E-state index is 5.75. The van der Waals surface area contributed by atoms with Crippen LogP contribution in [-0.4, -0.2) is 31.8 Å². The first-order valence-corrected chi connectivity index (χ1v) is 6.77. The lowest BCUT2D eigenvalue weighted by Crippen LogP contribution is -2.35. The van der Waals surface area contributed by atoms with Crippen molar-refractivity contribution in [2.24, 2.45) is 16.6 Å². The topological polar surface area (TPSA) is 59.6 Å². The summed E-state index contributed by atoms with van der Waals surface area (Å²) in [4.78, 5) is 4.24. The third-order valence-corrected chi connectivity index (χ3v) is 2.65. The molecule has 3 N–H and O–H groups in total. The molecule has 17 heavy (non-hydrogen) atoms. The number of nitrogens with two attached hydrogens (primary N) is 1. The van der Waals surface area contributed by atoms with Crippen molar-refractivity contribution in [2.75, 3.05) is 19.7 Å². The van der Waals surface area contributed by atoms with Crippen LogP contribution in [-0.2, 0) is 4.74 Å². The molecule has 0 saturated heterocycles. The summed E-state index contributed by atoms with van der Waals surface area (Å²) in [7, 11) is 0. The Bertz CT molecular complexity index is 205. The van der Waals surface area contributed by atoms with Crippen molar-refractivity contribution in [2.45, 2.75) is 53.1 Å². The molecule has 4 heteroatoms. The van der Waals surface area contributed by atoms with Gasteiger partial charge in [0.1, 0.15) is 0 Å². The molecule has 0 aromatic rings. The molecule has 0 spiro atoms. The Kier molecular flexibility index (Phi) is 9.92. The third kappa shape index (κ3) is 8.98. The average Bonchev–Trinajstić information content (AvgIpc) is 2.28. The van der Waals surface area contributed by atoms with Crippen LogP contribution in [0.4, 0.5) is 0 Å². The Morgan fingerprint density at radius 3 is 2.59 bits per heavy atom. The molecular weight excluding hydrogens is 214 g/mol. The summed E-state index contributed by atoms with van der Waals surface area (Å²) in [6.45, 7) is 10.9. The first-order valence-electron chi connectivity index (χ1n) is 6.77. The average molecular weight is 243 g/mol. The first kappa shape index (κ1) is 16.2. The Morgan fingerprint density at radius 1 is 1.35 bits per heavy atom. The fourth-order valence-electron chi connectivity index (χ4n) is 1.58. The van der Waals surface area contributed by atoms with Crippen molar-refractivity contribution in [1.82, 2.24) is 5.32 Å². The lowest BCUT2D eigenvalue weighted by atomic mass is 10.0. The van der Waals surface area contributed by atoms with Crippen LogP contribution in [0.5, 0.6) is 0 Å². The van der Waals surface area contributed by atoms with Gasteiger partial charge in [-0.05, 0) is 25.7 Å². The van der Waals surface area contributed by atoms with Crippen LogP contribution in [0.3, 0.4) is 0 Å². The van der Waals surface area contributed by atoms with Gasteiger partial charge in [-0.25, -0.2) is 0 Å². The molecule has 0 amide bonds. The molecule has 0 aromatic carbocycles. The molecule has 0 heterocycles. The highest BCUT2D eigenvalue weighted by Gasteiger charge is 2.12. The van der Waals surface area contributed by atoms with Crippen LogP contribution in [0.15, 0.2) is 4.99 Å². The summed E-state index contributed by atoms with van der Waals surface area (Å²) >= 11 is 0. The normalized spacial score (nSPS) is 14.1. The molecule has 0 saturated carbocycles. The molecule has 1 atom stereocenters. The van der Waals surface area contributed by atoms with E-state index in [-0.39, 0.29) is 0 Å². The van der Waals surface area contributed by atoms with Gasteiger partial charge < -0.3 is 15.8 Å². The van der Waals surface area contributed by atoms with Crippen molar-refractivity contribution in [3.8, 4) is 0 Å².